The van der Waals surface area contributed by atoms with Gasteiger partial charge in [-0.05, 0) is 6.92 Å². The van der Waals surface area contributed by atoms with Crippen LogP contribution in [0.15, 0.2) is 0 Å². The molecule has 1 atom stereocenters. The van der Waals surface area contributed by atoms with Crippen LogP contribution in [0.2, 0.25) is 0 Å². The molecule has 0 aliphatic rings. The van der Waals surface area contributed by atoms with E-state index in [1.165, 1.54) is 6.92 Å². The summed E-state index contributed by atoms with van der Waals surface area (Å²) in [7, 11) is -0.847. The van der Waals surface area contributed by atoms with Crippen LogP contribution in [-0.2, 0) is 9.36 Å². The highest BCUT2D eigenvalue weighted by atomic mass is 31.1. The topological polar surface area (TPSA) is 34.1 Å². The maximum Gasteiger partial charge on any atom is 0.136 e. The molecule has 6 heavy (non-hydrogen) atoms. The van der Waals surface area contributed by atoms with Gasteiger partial charge < -0.3 is 4.57 Å². The second kappa shape index (κ2) is 3.10. The van der Waals surface area contributed by atoms with E-state index in [1.807, 2.05) is 0 Å². The summed E-state index contributed by atoms with van der Waals surface area (Å²) in [6.07, 6.45) is 0.264. The highest BCUT2D eigenvalue weighted by molar-refractivity contribution is 7.25. The van der Waals surface area contributed by atoms with Gasteiger partial charge in [0.05, 0.1) is 14.6 Å². The quantitative estimate of drug-likeness (QED) is 0.475. The summed E-state index contributed by atoms with van der Waals surface area (Å²) >= 11 is 0. The van der Waals surface area contributed by atoms with Crippen LogP contribution in [0.25, 0.3) is 0 Å². The first-order chi connectivity index (χ1) is 2.77. The van der Waals surface area contributed by atoms with E-state index in [1.54, 1.807) is 0 Å². The van der Waals surface area contributed by atoms with Gasteiger partial charge in [-0.15, -0.1) is 0 Å². The van der Waals surface area contributed by atoms with Crippen LogP contribution in [-0.4, -0.2) is 11.9 Å². The molecule has 0 heterocycles. The summed E-state index contributed by atoms with van der Waals surface area (Å²) < 4.78 is 9.60. The summed E-state index contributed by atoms with van der Waals surface area (Å²) in [6.45, 7) is 1.44. The van der Waals surface area contributed by atoms with Gasteiger partial charge in [0, 0.05) is 0 Å². The molecule has 0 aromatic heterocycles. The van der Waals surface area contributed by atoms with Crippen molar-refractivity contribution in [1.82, 2.24) is 0 Å². The lowest BCUT2D eigenvalue weighted by atomic mass is 10.5. The number of carbonyl (C=O) groups is 1. The van der Waals surface area contributed by atoms with Crippen molar-refractivity contribution < 1.29 is 9.36 Å². The Bertz CT molecular complexity index is 69.2. The van der Waals surface area contributed by atoms with E-state index in [0.29, 0.717) is 0 Å². The zero-order chi connectivity index (χ0) is 4.99. The van der Waals surface area contributed by atoms with E-state index in [4.69, 9.17) is 0 Å². The lowest BCUT2D eigenvalue weighted by molar-refractivity contribution is -0.114. The lowest BCUT2D eigenvalue weighted by Crippen LogP contribution is -1.86. The Hall–Kier alpha value is -0.100. The molecule has 0 aromatic rings. The molecule has 0 N–H and O–H groups in total. The highest BCUT2D eigenvalue weighted by Gasteiger charge is 1.82. The first-order valence-corrected chi connectivity index (χ1v) is 2.99. The molecular weight excluding hydrogens is 99.0 g/mol. The second-order valence-corrected chi connectivity index (χ2v) is 1.81. The van der Waals surface area contributed by atoms with E-state index >= 15 is 0 Å². The zero-order valence-electron chi connectivity index (χ0n) is 3.60. The number of hydrogen-bond acceptors (Lipinski definition) is 2. The Labute approximate surface area is 37.8 Å². The molecule has 0 saturated heterocycles. The van der Waals surface area contributed by atoms with Crippen LogP contribution in [0, 0.1) is 0 Å². The average Bonchev–Trinajstić information content (AvgIpc) is 1.35. The molecule has 0 aliphatic heterocycles. The minimum atomic E-state index is -0.847. The summed E-state index contributed by atoms with van der Waals surface area (Å²) in [5.41, 5.74) is 0. The van der Waals surface area contributed by atoms with Crippen LogP contribution >= 0.6 is 8.46 Å². The maximum atomic E-state index is 9.86. The zero-order valence-corrected chi connectivity index (χ0v) is 4.76. The third kappa shape index (κ3) is 3.90. The Morgan fingerprint density at radius 3 is 2.33 bits per heavy atom. The van der Waals surface area contributed by atoms with Gasteiger partial charge in [-0.1, -0.05) is 0 Å². The Balaban J connectivity index is 3.05. The smallest absolute Gasteiger partial charge is 0.136 e. The highest BCUT2D eigenvalue weighted by Crippen LogP contribution is 1.87. The number of ketones is 1. The van der Waals surface area contributed by atoms with Gasteiger partial charge in [0.2, 0.25) is 0 Å². The molecule has 2 nitrogen and oxygen atoms in total. The third-order valence-corrected chi connectivity index (χ3v) is 1.11. The van der Waals surface area contributed by atoms with Crippen LogP contribution in [0.4, 0.5) is 0 Å². The summed E-state index contributed by atoms with van der Waals surface area (Å²) in [5.74, 6) is 0.0139. The molecule has 0 rings (SSSR count). The van der Waals surface area contributed by atoms with Crippen LogP contribution in [0.1, 0.15) is 6.92 Å². The first-order valence-electron chi connectivity index (χ1n) is 1.70. The Kier molecular flexibility index (Phi) is 3.05. The maximum absolute atomic E-state index is 9.86. The number of hydrogen-bond donors (Lipinski definition) is 0. The second-order valence-electron chi connectivity index (χ2n) is 1.07. The van der Waals surface area contributed by atoms with Crippen molar-refractivity contribution in [1.29, 1.82) is 0 Å². The number of rotatable bonds is 2. The van der Waals surface area contributed by atoms with Crippen LogP contribution < -0.4 is 0 Å². The van der Waals surface area contributed by atoms with E-state index in [0.717, 1.165) is 0 Å². The largest absolute Gasteiger partial charge is 0.330 e. The minimum Gasteiger partial charge on any atom is -0.330 e. The molecule has 0 spiro atoms. The third-order valence-electron chi connectivity index (χ3n) is 0.371. The standard InChI is InChI=1S/C3H7O2P/c1-3(4)2-6-5/h2,6H2,1H3. The fraction of sp³-hybridized carbons (Fsp3) is 0.667. The van der Waals surface area contributed by atoms with Gasteiger partial charge in [-0.3, -0.25) is 4.79 Å². The number of carbonyl (C=O) groups excluding carboxylic acids is 1. The van der Waals surface area contributed by atoms with Crippen molar-refractivity contribution >= 4 is 14.2 Å². The molecule has 0 aliphatic carbocycles. The average molecular weight is 106 g/mol. The first kappa shape index (κ1) is 5.90. The van der Waals surface area contributed by atoms with Crippen molar-refractivity contribution in [3.8, 4) is 0 Å². The van der Waals surface area contributed by atoms with Crippen molar-refractivity contribution in [2.24, 2.45) is 0 Å². The van der Waals surface area contributed by atoms with Crippen LogP contribution in [0.3, 0.4) is 0 Å². The van der Waals surface area contributed by atoms with Gasteiger partial charge in [-0.25, -0.2) is 0 Å². The minimum absolute atomic E-state index is 0.0139. The molecule has 0 aromatic carbocycles. The number of Topliss-reactive ketones (excluding diaryl/α,β-unsaturated/α-hetero) is 1. The normalized spacial score (nSPS) is 10.2. The van der Waals surface area contributed by atoms with Crippen LogP contribution in [0.5, 0.6) is 0 Å². The van der Waals surface area contributed by atoms with Crippen molar-refractivity contribution in [3.63, 3.8) is 0 Å². The molecule has 1 unspecified atom stereocenters. The summed E-state index contributed by atoms with van der Waals surface area (Å²) in [6, 6.07) is 0. The van der Waals surface area contributed by atoms with Gasteiger partial charge in [0.1, 0.15) is 5.78 Å². The van der Waals surface area contributed by atoms with E-state index < -0.39 is 8.46 Å². The molecule has 0 bridgehead atoms. The van der Waals surface area contributed by atoms with Crippen molar-refractivity contribution in [3.05, 3.63) is 0 Å². The van der Waals surface area contributed by atoms with Gasteiger partial charge in [0.25, 0.3) is 0 Å². The molecule has 0 radical (unpaired) electrons. The van der Waals surface area contributed by atoms with Gasteiger partial charge in [-0.2, -0.15) is 0 Å². The van der Waals surface area contributed by atoms with Crippen molar-refractivity contribution in [2.45, 2.75) is 6.92 Å². The fourth-order valence-corrected chi connectivity index (χ4v) is 0.352. The molecule has 0 saturated carbocycles. The molecule has 0 amide bonds. The monoisotopic (exact) mass is 106 g/mol. The summed E-state index contributed by atoms with van der Waals surface area (Å²) in [5, 5.41) is 0. The predicted octanol–water partition coefficient (Wildman–Crippen LogP) is 0.332. The lowest BCUT2D eigenvalue weighted by Gasteiger charge is -1.72. The van der Waals surface area contributed by atoms with E-state index in [2.05, 4.69) is 0 Å². The van der Waals surface area contributed by atoms with E-state index in [-0.39, 0.29) is 11.9 Å². The van der Waals surface area contributed by atoms with Gasteiger partial charge in [0.15, 0.2) is 0 Å². The summed E-state index contributed by atoms with van der Waals surface area (Å²) in [4.78, 5) is 9.86. The molecule has 3 heteroatoms. The van der Waals surface area contributed by atoms with Crippen molar-refractivity contribution in [2.75, 3.05) is 6.16 Å². The van der Waals surface area contributed by atoms with Gasteiger partial charge >= 0.3 is 0 Å². The predicted molar refractivity (Wildman–Crippen MR) is 25.9 cm³/mol. The Morgan fingerprint density at radius 1 is 1.83 bits per heavy atom. The molecular formula is C3H7O2P. The molecule has 36 valence electrons. The van der Waals surface area contributed by atoms with E-state index in [9.17, 15) is 9.36 Å². The molecule has 0 fully saturated rings. The SMILES string of the molecule is CC(=O)C[PH2]=O. The fourth-order valence-electron chi connectivity index (χ4n) is 0.117. The Morgan fingerprint density at radius 2 is 2.33 bits per heavy atom.